The molecule has 1 N–H and O–H groups in total. The van der Waals surface area contributed by atoms with Crippen molar-refractivity contribution in [3.05, 3.63) is 65.5 Å². The van der Waals surface area contributed by atoms with Crippen molar-refractivity contribution in [2.24, 2.45) is 0 Å². The van der Waals surface area contributed by atoms with Crippen molar-refractivity contribution in [2.75, 3.05) is 16.5 Å². The van der Waals surface area contributed by atoms with Crippen LogP contribution in [0.4, 0.5) is 11.7 Å². The van der Waals surface area contributed by atoms with Gasteiger partial charge >= 0.3 is 6.01 Å². The minimum atomic E-state index is -0.476. The molecule has 0 atom stereocenters. The number of carbonyl (C=O) groups excluding carboxylic acids is 3. The van der Waals surface area contributed by atoms with Gasteiger partial charge in [-0.3, -0.25) is 24.6 Å². The fourth-order valence-corrected chi connectivity index (χ4v) is 3.52. The lowest BCUT2D eigenvalue weighted by atomic mass is 10.1. The van der Waals surface area contributed by atoms with E-state index in [9.17, 15) is 14.4 Å². The molecule has 0 radical (unpaired) electrons. The summed E-state index contributed by atoms with van der Waals surface area (Å²) in [6, 6.07) is 14.3. The number of nitrogens with zero attached hydrogens (tertiary/aromatic N) is 3. The smallest absolute Gasteiger partial charge is 0.322 e. The van der Waals surface area contributed by atoms with E-state index in [0.29, 0.717) is 18.0 Å². The van der Waals surface area contributed by atoms with E-state index in [0.717, 1.165) is 15.4 Å². The molecule has 1 aliphatic heterocycles. The van der Waals surface area contributed by atoms with Crippen LogP contribution in [0, 0.1) is 0 Å². The quantitative estimate of drug-likeness (QED) is 0.480. The number of anilines is 2. The fraction of sp³-hybridized carbons (Fsp3) is 0.190. The van der Waals surface area contributed by atoms with Crippen molar-refractivity contribution in [3.63, 3.8) is 0 Å². The molecule has 30 heavy (non-hydrogen) atoms. The maximum Gasteiger partial charge on any atom is 0.322 e. The highest BCUT2D eigenvalue weighted by atomic mass is 32.2. The first-order chi connectivity index (χ1) is 14.5. The maximum atomic E-state index is 12.6. The van der Waals surface area contributed by atoms with E-state index in [1.165, 1.54) is 6.07 Å². The Morgan fingerprint density at radius 3 is 2.53 bits per heavy atom. The van der Waals surface area contributed by atoms with Gasteiger partial charge in [-0.15, -0.1) is 16.9 Å². The second-order valence-electron chi connectivity index (χ2n) is 6.65. The zero-order valence-corrected chi connectivity index (χ0v) is 16.9. The Bertz CT molecular complexity index is 1090. The molecule has 9 heteroatoms. The van der Waals surface area contributed by atoms with E-state index in [4.69, 9.17) is 4.42 Å². The average molecular weight is 422 g/mol. The average Bonchev–Trinajstić information content (AvgIpc) is 3.34. The summed E-state index contributed by atoms with van der Waals surface area (Å²) in [5.74, 6) is -0.644. The Kier molecular flexibility index (Phi) is 5.62. The monoisotopic (exact) mass is 422 g/mol. The van der Waals surface area contributed by atoms with Crippen LogP contribution < -0.4 is 10.2 Å². The van der Waals surface area contributed by atoms with Crippen LogP contribution in [0.25, 0.3) is 0 Å². The highest BCUT2D eigenvalue weighted by Crippen LogP contribution is 2.24. The SMILES string of the molecule is CSc1ccc(Cc2nnc(NC(=O)c3cccc(N4C(=O)CCC4=O)c3)o2)cc1. The van der Waals surface area contributed by atoms with Gasteiger partial charge in [0.1, 0.15) is 0 Å². The zero-order valence-electron chi connectivity index (χ0n) is 16.1. The molecule has 152 valence electrons. The van der Waals surface area contributed by atoms with Crippen LogP contribution >= 0.6 is 11.8 Å². The van der Waals surface area contributed by atoms with Crippen LogP contribution in [0.2, 0.25) is 0 Å². The lowest BCUT2D eigenvalue weighted by Gasteiger charge is -2.14. The molecule has 2 heterocycles. The predicted octanol–water partition coefficient (Wildman–Crippen LogP) is 3.29. The molecule has 3 aromatic rings. The number of aromatic nitrogens is 2. The highest BCUT2D eigenvalue weighted by molar-refractivity contribution is 7.98. The van der Waals surface area contributed by atoms with Crippen molar-refractivity contribution in [1.82, 2.24) is 10.2 Å². The molecule has 1 aromatic heterocycles. The minimum Gasteiger partial charge on any atom is -0.407 e. The first-order valence-corrected chi connectivity index (χ1v) is 10.5. The van der Waals surface area contributed by atoms with Crippen LogP contribution in [-0.4, -0.2) is 34.2 Å². The van der Waals surface area contributed by atoms with Gasteiger partial charge in [-0.05, 0) is 42.2 Å². The Morgan fingerprint density at radius 2 is 1.83 bits per heavy atom. The number of hydrogen-bond acceptors (Lipinski definition) is 7. The standard InChI is InChI=1S/C21H18N4O4S/c1-30-16-7-5-13(6-8-16)11-17-23-24-21(29-17)22-20(28)14-3-2-4-15(12-14)25-18(26)9-10-19(25)27/h2-8,12H,9-11H2,1H3,(H,22,24,28). The van der Waals surface area contributed by atoms with E-state index >= 15 is 0 Å². The molecule has 0 bridgehead atoms. The molecule has 1 aliphatic rings. The third kappa shape index (κ3) is 4.25. The van der Waals surface area contributed by atoms with Gasteiger partial charge in [0.15, 0.2) is 0 Å². The van der Waals surface area contributed by atoms with Crippen LogP contribution in [0.1, 0.15) is 34.7 Å². The summed E-state index contributed by atoms with van der Waals surface area (Å²) in [4.78, 5) is 38.6. The number of benzene rings is 2. The first-order valence-electron chi connectivity index (χ1n) is 9.26. The molecule has 8 nitrogen and oxygen atoms in total. The molecular weight excluding hydrogens is 404 g/mol. The lowest BCUT2D eigenvalue weighted by molar-refractivity contribution is -0.121. The van der Waals surface area contributed by atoms with Gasteiger partial charge in [0.25, 0.3) is 5.91 Å². The van der Waals surface area contributed by atoms with Gasteiger partial charge in [0, 0.05) is 23.3 Å². The molecule has 0 unspecified atom stereocenters. The van der Waals surface area contributed by atoms with Crippen molar-refractivity contribution in [2.45, 2.75) is 24.2 Å². The van der Waals surface area contributed by atoms with Gasteiger partial charge < -0.3 is 4.42 Å². The van der Waals surface area contributed by atoms with Crippen molar-refractivity contribution < 1.29 is 18.8 Å². The Hall–Kier alpha value is -3.46. The van der Waals surface area contributed by atoms with Crippen molar-refractivity contribution in [3.8, 4) is 0 Å². The second kappa shape index (κ2) is 8.50. The highest BCUT2D eigenvalue weighted by Gasteiger charge is 2.30. The largest absolute Gasteiger partial charge is 0.407 e. The number of nitrogens with one attached hydrogen (secondary N) is 1. The number of rotatable bonds is 6. The van der Waals surface area contributed by atoms with E-state index in [1.807, 2.05) is 30.5 Å². The van der Waals surface area contributed by atoms with E-state index < -0.39 is 5.91 Å². The Labute approximate surface area is 176 Å². The molecule has 0 spiro atoms. The molecule has 0 saturated carbocycles. The topological polar surface area (TPSA) is 105 Å². The van der Waals surface area contributed by atoms with E-state index in [-0.39, 0.29) is 36.2 Å². The van der Waals surface area contributed by atoms with Crippen molar-refractivity contribution in [1.29, 1.82) is 0 Å². The molecule has 0 aliphatic carbocycles. The first kappa shape index (κ1) is 19.8. The molecule has 3 amide bonds. The van der Waals surface area contributed by atoms with Crippen LogP contribution in [0.15, 0.2) is 57.8 Å². The molecule has 4 rings (SSSR count). The summed E-state index contributed by atoms with van der Waals surface area (Å²) in [5, 5.41) is 10.4. The number of imide groups is 1. The van der Waals surface area contributed by atoms with E-state index in [1.54, 1.807) is 30.0 Å². The summed E-state index contributed by atoms with van der Waals surface area (Å²) in [6.07, 6.45) is 2.82. The summed E-state index contributed by atoms with van der Waals surface area (Å²) in [7, 11) is 0. The number of amides is 3. The van der Waals surface area contributed by atoms with Gasteiger partial charge in [0.05, 0.1) is 12.1 Å². The summed E-state index contributed by atoms with van der Waals surface area (Å²) >= 11 is 1.66. The number of thioether (sulfide) groups is 1. The summed E-state index contributed by atoms with van der Waals surface area (Å²) in [5.41, 5.74) is 1.66. The lowest BCUT2D eigenvalue weighted by Crippen LogP contribution is -2.28. The number of carbonyl (C=O) groups is 3. The molecule has 1 fully saturated rings. The molecule has 2 aromatic carbocycles. The molecule has 1 saturated heterocycles. The fourth-order valence-electron chi connectivity index (χ4n) is 3.11. The van der Waals surface area contributed by atoms with Crippen molar-refractivity contribution >= 4 is 41.2 Å². The third-order valence-corrected chi connectivity index (χ3v) is 5.36. The third-order valence-electron chi connectivity index (χ3n) is 4.62. The maximum absolute atomic E-state index is 12.6. The Balaban J connectivity index is 1.43. The van der Waals surface area contributed by atoms with Gasteiger partial charge in [0.2, 0.25) is 17.7 Å². The van der Waals surface area contributed by atoms with Crippen LogP contribution in [0.3, 0.4) is 0 Å². The Morgan fingerprint density at radius 1 is 1.10 bits per heavy atom. The van der Waals surface area contributed by atoms with Gasteiger partial charge in [-0.1, -0.05) is 23.3 Å². The summed E-state index contributed by atoms with van der Waals surface area (Å²) in [6.45, 7) is 0. The predicted molar refractivity (Wildman–Crippen MR) is 111 cm³/mol. The van der Waals surface area contributed by atoms with Gasteiger partial charge in [-0.25, -0.2) is 0 Å². The minimum absolute atomic E-state index is 0.0190. The van der Waals surface area contributed by atoms with E-state index in [2.05, 4.69) is 15.5 Å². The number of hydrogen-bond donors (Lipinski definition) is 1. The normalized spacial score (nSPS) is 13.7. The van der Waals surface area contributed by atoms with Crippen LogP contribution in [0.5, 0.6) is 0 Å². The zero-order chi connectivity index (χ0) is 21.1. The van der Waals surface area contributed by atoms with Gasteiger partial charge in [-0.2, -0.15) is 0 Å². The summed E-state index contributed by atoms with van der Waals surface area (Å²) < 4.78 is 5.52. The second-order valence-corrected chi connectivity index (χ2v) is 7.53. The molecular formula is C21H18N4O4S. The van der Waals surface area contributed by atoms with Crippen LogP contribution in [-0.2, 0) is 16.0 Å².